The number of hydrogen-bond donors (Lipinski definition) is 10. The summed E-state index contributed by atoms with van der Waals surface area (Å²) in [6.45, 7) is 0.597. The average Bonchev–Trinajstić information content (AvgIpc) is 2.77. The minimum absolute atomic E-state index is 0.0214. The second-order valence-electron chi connectivity index (χ2n) is 7.71. The lowest BCUT2D eigenvalue weighted by molar-refractivity contribution is -0.142. The lowest BCUT2D eigenvalue weighted by Crippen LogP contribution is -2.58. The topological polar surface area (TPSA) is 284 Å². The summed E-state index contributed by atoms with van der Waals surface area (Å²) in [5.74, 6) is -4.93. The fourth-order valence-electron chi connectivity index (χ4n) is 2.83. The zero-order valence-corrected chi connectivity index (χ0v) is 20.3. The summed E-state index contributed by atoms with van der Waals surface area (Å²) < 4.78 is 0. The maximum absolute atomic E-state index is 12.7. The molecule has 35 heavy (non-hydrogen) atoms. The fourth-order valence-corrected chi connectivity index (χ4v) is 3.09. The van der Waals surface area contributed by atoms with Gasteiger partial charge in [-0.25, -0.2) is 4.79 Å². The minimum Gasteiger partial charge on any atom is -0.480 e. The molecule has 0 heterocycles. The van der Waals surface area contributed by atoms with Gasteiger partial charge < -0.3 is 49.7 Å². The third-order valence-corrected chi connectivity index (χ3v) is 5.08. The van der Waals surface area contributed by atoms with Crippen LogP contribution < -0.4 is 44.6 Å². The van der Waals surface area contributed by atoms with Gasteiger partial charge in [-0.05, 0) is 32.2 Å². The Balaban J connectivity index is 5.19. The number of hydrogen-bond acceptors (Lipinski definition) is 9. The van der Waals surface area contributed by atoms with Gasteiger partial charge in [-0.2, -0.15) is 12.6 Å². The molecule has 0 aliphatic carbocycles. The molecule has 200 valence electrons. The van der Waals surface area contributed by atoms with E-state index in [1.54, 1.807) is 0 Å². The summed E-state index contributed by atoms with van der Waals surface area (Å²) in [4.78, 5) is 64.3. The predicted octanol–water partition coefficient (Wildman–Crippen LogP) is -4.16. The Morgan fingerprint density at radius 1 is 0.829 bits per heavy atom. The van der Waals surface area contributed by atoms with Crippen LogP contribution in [0.1, 0.15) is 38.5 Å². The normalized spacial score (nSPS) is 14.0. The first-order chi connectivity index (χ1) is 16.4. The molecule has 4 amide bonds. The molecule has 0 fully saturated rings. The molecule has 0 radical (unpaired) electrons. The summed E-state index contributed by atoms with van der Waals surface area (Å²) in [5.41, 5.74) is 26.8. The summed E-state index contributed by atoms with van der Waals surface area (Å²) in [7, 11) is 0. The molecule has 0 saturated heterocycles. The smallest absolute Gasteiger partial charge is 0.326 e. The molecule has 0 saturated carbocycles. The summed E-state index contributed by atoms with van der Waals surface area (Å²) in [6, 6.07) is -4.88. The molecule has 0 spiro atoms. The van der Waals surface area contributed by atoms with E-state index in [0.29, 0.717) is 25.8 Å². The zero-order chi connectivity index (χ0) is 27.0. The highest BCUT2D eigenvalue weighted by Crippen LogP contribution is 2.03. The van der Waals surface area contributed by atoms with Crippen molar-refractivity contribution in [1.82, 2.24) is 16.0 Å². The first-order valence-corrected chi connectivity index (χ1v) is 11.6. The van der Waals surface area contributed by atoms with E-state index in [1.807, 2.05) is 0 Å². The predicted molar refractivity (Wildman–Crippen MR) is 132 cm³/mol. The van der Waals surface area contributed by atoms with Crippen molar-refractivity contribution < 1.29 is 29.1 Å². The molecular weight excluding hydrogens is 482 g/mol. The number of carboxylic acid groups (broad SMARTS) is 1. The highest BCUT2D eigenvalue weighted by atomic mass is 32.1. The van der Waals surface area contributed by atoms with Crippen LogP contribution in [0.15, 0.2) is 4.99 Å². The standard InChI is InChI=1S/C19H37N9O6S/c20-6-2-1-4-10(21)15(30)28-13(9-35)17(32)27-12(8-14(22)29)16(31)26-11(18(33)34)5-3-7-25-19(23)24/h10-13,35H,1-9,20-21H2,(H2,22,29)(H,26,31)(H,27,32)(H,28,30)(H,33,34)(H4,23,24,25). The highest BCUT2D eigenvalue weighted by molar-refractivity contribution is 7.80. The Morgan fingerprint density at radius 3 is 1.91 bits per heavy atom. The van der Waals surface area contributed by atoms with Gasteiger partial charge >= 0.3 is 5.97 Å². The van der Waals surface area contributed by atoms with Crippen LogP contribution in [0.5, 0.6) is 0 Å². The van der Waals surface area contributed by atoms with Gasteiger partial charge in [0.15, 0.2) is 5.96 Å². The van der Waals surface area contributed by atoms with Crippen molar-refractivity contribution in [2.45, 2.75) is 62.7 Å². The van der Waals surface area contributed by atoms with E-state index < -0.39 is 60.2 Å². The third-order valence-electron chi connectivity index (χ3n) is 4.72. The number of nitrogens with one attached hydrogen (secondary N) is 3. The number of aliphatic carboxylic acids is 1. The Kier molecular flexibility index (Phi) is 15.8. The van der Waals surface area contributed by atoms with E-state index in [-0.39, 0.29) is 31.1 Å². The SMILES string of the molecule is NCCCCC(N)C(=O)NC(CS)C(=O)NC(CC(N)=O)C(=O)NC(CCCN=C(N)N)C(=O)O. The third kappa shape index (κ3) is 14.0. The van der Waals surface area contributed by atoms with E-state index in [4.69, 9.17) is 28.7 Å². The number of aliphatic imine (C=N–C) groups is 1. The number of carboxylic acids is 1. The zero-order valence-electron chi connectivity index (χ0n) is 19.4. The van der Waals surface area contributed by atoms with Crippen molar-refractivity contribution in [2.75, 3.05) is 18.8 Å². The molecule has 0 aliphatic rings. The fraction of sp³-hybridized carbons (Fsp3) is 0.684. The van der Waals surface area contributed by atoms with Crippen molar-refractivity contribution >= 4 is 48.2 Å². The average molecular weight is 520 g/mol. The number of primary amides is 1. The van der Waals surface area contributed by atoms with Crippen molar-refractivity contribution in [1.29, 1.82) is 0 Å². The molecule has 4 atom stereocenters. The summed E-state index contributed by atoms with van der Waals surface area (Å²) in [6.07, 6.45) is 1.28. The number of guanidine groups is 1. The number of amides is 4. The molecule has 0 aromatic rings. The molecular formula is C19H37N9O6S. The van der Waals surface area contributed by atoms with Crippen LogP contribution >= 0.6 is 12.6 Å². The summed E-state index contributed by atoms with van der Waals surface area (Å²) in [5, 5.41) is 16.4. The number of thiol groups is 1. The number of nitrogens with two attached hydrogens (primary N) is 5. The van der Waals surface area contributed by atoms with Crippen LogP contribution in [0.3, 0.4) is 0 Å². The number of nitrogens with zero attached hydrogens (tertiary/aromatic N) is 1. The first-order valence-electron chi connectivity index (χ1n) is 11.0. The lowest BCUT2D eigenvalue weighted by Gasteiger charge is -2.24. The maximum atomic E-state index is 12.7. The van der Waals surface area contributed by atoms with E-state index in [1.165, 1.54) is 0 Å². The van der Waals surface area contributed by atoms with Gasteiger partial charge in [-0.15, -0.1) is 0 Å². The van der Waals surface area contributed by atoms with Gasteiger partial charge in [0.1, 0.15) is 18.1 Å². The van der Waals surface area contributed by atoms with Gasteiger partial charge in [-0.1, -0.05) is 6.42 Å². The number of carbonyl (C=O) groups is 5. The Hall–Kier alpha value is -3.11. The van der Waals surface area contributed by atoms with E-state index in [9.17, 15) is 29.1 Å². The van der Waals surface area contributed by atoms with Crippen molar-refractivity contribution in [3.63, 3.8) is 0 Å². The van der Waals surface area contributed by atoms with Crippen molar-refractivity contribution in [2.24, 2.45) is 33.7 Å². The number of unbranched alkanes of at least 4 members (excludes halogenated alkanes) is 1. The molecule has 0 aromatic heterocycles. The Bertz CT molecular complexity index is 763. The largest absolute Gasteiger partial charge is 0.480 e. The van der Waals surface area contributed by atoms with Crippen molar-refractivity contribution in [3.05, 3.63) is 0 Å². The Labute approximate surface area is 208 Å². The van der Waals surface area contributed by atoms with Crippen LogP contribution in [0.25, 0.3) is 0 Å². The molecule has 15 nitrogen and oxygen atoms in total. The monoisotopic (exact) mass is 519 g/mol. The van der Waals surface area contributed by atoms with Crippen LogP contribution in [0, 0.1) is 0 Å². The minimum atomic E-state index is -1.49. The molecule has 0 rings (SSSR count). The van der Waals surface area contributed by atoms with E-state index in [2.05, 4.69) is 33.6 Å². The molecule has 0 aromatic carbocycles. The molecule has 16 heteroatoms. The maximum Gasteiger partial charge on any atom is 0.326 e. The number of rotatable bonds is 18. The van der Waals surface area contributed by atoms with Gasteiger partial charge in [0, 0.05) is 12.3 Å². The van der Waals surface area contributed by atoms with Gasteiger partial charge in [0.25, 0.3) is 0 Å². The molecule has 0 bridgehead atoms. The van der Waals surface area contributed by atoms with E-state index >= 15 is 0 Å². The van der Waals surface area contributed by atoms with Crippen LogP contribution in [-0.4, -0.2) is 83.7 Å². The Morgan fingerprint density at radius 2 is 1.40 bits per heavy atom. The van der Waals surface area contributed by atoms with Crippen LogP contribution in [0.4, 0.5) is 0 Å². The lowest BCUT2D eigenvalue weighted by atomic mass is 10.1. The second-order valence-corrected chi connectivity index (χ2v) is 8.08. The number of carbonyl (C=O) groups excluding carboxylic acids is 4. The quantitative estimate of drug-likeness (QED) is 0.0361. The van der Waals surface area contributed by atoms with Crippen LogP contribution in [-0.2, 0) is 24.0 Å². The van der Waals surface area contributed by atoms with Gasteiger partial charge in [0.2, 0.25) is 23.6 Å². The van der Waals surface area contributed by atoms with Crippen molar-refractivity contribution in [3.8, 4) is 0 Å². The second kappa shape index (κ2) is 17.3. The van der Waals surface area contributed by atoms with Gasteiger partial charge in [0.05, 0.1) is 12.5 Å². The highest BCUT2D eigenvalue weighted by Gasteiger charge is 2.30. The van der Waals surface area contributed by atoms with Gasteiger partial charge in [-0.3, -0.25) is 24.2 Å². The summed E-state index contributed by atoms with van der Waals surface area (Å²) >= 11 is 4.04. The van der Waals surface area contributed by atoms with E-state index in [0.717, 1.165) is 0 Å². The molecule has 4 unspecified atom stereocenters. The van der Waals surface area contributed by atoms with Crippen LogP contribution in [0.2, 0.25) is 0 Å². The molecule has 14 N–H and O–H groups in total. The molecule has 0 aliphatic heterocycles. The first kappa shape index (κ1) is 31.9.